The first-order chi connectivity index (χ1) is 10.7. The fraction of sp³-hybridized carbons (Fsp3) is 0.611. The van der Waals surface area contributed by atoms with E-state index in [2.05, 4.69) is 18.3 Å². The maximum Gasteiger partial charge on any atom is 0.410 e. The van der Waals surface area contributed by atoms with Crippen molar-refractivity contribution in [2.45, 2.75) is 58.8 Å². The standard InChI is InChI=1S/C18H28N2O3/c1-12-7-13-8-14(10-19-5)16(22-6)9-15(13)11-20(12)17(21)23-18(2,3)4/h8-9,12,19H,7,10-11H2,1-6H3. The molecule has 5 nitrogen and oxygen atoms in total. The Labute approximate surface area is 139 Å². The van der Waals surface area contributed by atoms with Crippen LogP contribution in [0.1, 0.15) is 44.4 Å². The summed E-state index contributed by atoms with van der Waals surface area (Å²) in [6.07, 6.45) is 0.573. The zero-order valence-corrected chi connectivity index (χ0v) is 15.0. The van der Waals surface area contributed by atoms with Crippen LogP contribution < -0.4 is 10.1 Å². The summed E-state index contributed by atoms with van der Waals surface area (Å²) in [5, 5.41) is 3.16. The van der Waals surface area contributed by atoms with Crippen LogP contribution in [0.5, 0.6) is 5.75 Å². The predicted molar refractivity (Wildman–Crippen MR) is 90.7 cm³/mol. The molecule has 128 valence electrons. The molecule has 0 spiro atoms. The minimum Gasteiger partial charge on any atom is -0.496 e. The van der Waals surface area contributed by atoms with E-state index in [9.17, 15) is 4.79 Å². The Morgan fingerprint density at radius 1 is 1.35 bits per heavy atom. The van der Waals surface area contributed by atoms with Crippen LogP contribution in [-0.2, 0) is 24.2 Å². The molecule has 0 radical (unpaired) electrons. The van der Waals surface area contributed by atoms with Crippen molar-refractivity contribution in [3.05, 3.63) is 28.8 Å². The molecule has 1 unspecified atom stereocenters. The second-order valence-corrected chi connectivity index (χ2v) is 7.12. The summed E-state index contributed by atoms with van der Waals surface area (Å²) in [7, 11) is 3.60. The van der Waals surface area contributed by atoms with Gasteiger partial charge in [-0.15, -0.1) is 0 Å². The molecule has 23 heavy (non-hydrogen) atoms. The maximum absolute atomic E-state index is 12.4. The smallest absolute Gasteiger partial charge is 0.410 e. The van der Waals surface area contributed by atoms with Crippen LogP contribution in [0.3, 0.4) is 0 Å². The lowest BCUT2D eigenvalue weighted by molar-refractivity contribution is 0.0138. The van der Waals surface area contributed by atoms with E-state index in [1.54, 1.807) is 12.0 Å². The molecule has 0 saturated carbocycles. The van der Waals surface area contributed by atoms with Crippen molar-refractivity contribution in [2.24, 2.45) is 0 Å². The fourth-order valence-electron chi connectivity index (χ4n) is 2.91. The second kappa shape index (κ2) is 6.79. The van der Waals surface area contributed by atoms with Gasteiger partial charge in [0.15, 0.2) is 0 Å². The van der Waals surface area contributed by atoms with Crippen LogP contribution in [0.25, 0.3) is 0 Å². The van der Waals surface area contributed by atoms with Gasteiger partial charge in [-0.05, 0) is 58.4 Å². The lowest BCUT2D eigenvalue weighted by Gasteiger charge is -2.36. The van der Waals surface area contributed by atoms with Crippen molar-refractivity contribution in [1.82, 2.24) is 10.2 Å². The molecule has 2 rings (SSSR count). The van der Waals surface area contributed by atoms with Crippen LogP contribution in [0.15, 0.2) is 12.1 Å². The minimum absolute atomic E-state index is 0.119. The Morgan fingerprint density at radius 2 is 2.04 bits per heavy atom. The average molecular weight is 320 g/mol. The number of ether oxygens (including phenoxy) is 2. The highest BCUT2D eigenvalue weighted by atomic mass is 16.6. The predicted octanol–water partition coefficient (Wildman–Crippen LogP) is 3.10. The van der Waals surface area contributed by atoms with E-state index in [1.807, 2.05) is 33.9 Å². The van der Waals surface area contributed by atoms with Crippen LogP contribution in [-0.4, -0.2) is 36.8 Å². The van der Waals surface area contributed by atoms with Gasteiger partial charge in [0.25, 0.3) is 0 Å². The Morgan fingerprint density at radius 3 is 2.61 bits per heavy atom. The summed E-state index contributed by atoms with van der Waals surface area (Å²) in [4.78, 5) is 14.2. The SMILES string of the molecule is CNCc1cc2c(cc1OC)CN(C(=O)OC(C)(C)C)C(C)C2. The molecular formula is C18H28N2O3. The Bertz CT molecular complexity index is 578. The van der Waals surface area contributed by atoms with Crippen LogP contribution in [0.2, 0.25) is 0 Å². The number of methoxy groups -OCH3 is 1. The van der Waals surface area contributed by atoms with E-state index >= 15 is 0 Å². The average Bonchev–Trinajstić information content (AvgIpc) is 2.44. The van der Waals surface area contributed by atoms with Gasteiger partial charge in [0.2, 0.25) is 0 Å². The van der Waals surface area contributed by atoms with Crippen molar-refractivity contribution in [3.63, 3.8) is 0 Å². The molecule has 1 amide bonds. The molecule has 1 N–H and O–H groups in total. The summed E-state index contributed by atoms with van der Waals surface area (Å²) in [5.41, 5.74) is 3.08. The molecule has 5 heteroatoms. The Balaban J connectivity index is 2.26. The molecule has 1 heterocycles. The molecule has 0 bridgehead atoms. The number of carbonyl (C=O) groups is 1. The molecule has 0 aromatic heterocycles. The maximum atomic E-state index is 12.4. The van der Waals surface area contributed by atoms with Gasteiger partial charge in [0.05, 0.1) is 7.11 Å². The highest BCUT2D eigenvalue weighted by molar-refractivity contribution is 5.69. The number of nitrogens with one attached hydrogen (secondary N) is 1. The van der Waals surface area contributed by atoms with E-state index < -0.39 is 5.60 Å². The van der Waals surface area contributed by atoms with Gasteiger partial charge in [0.1, 0.15) is 11.4 Å². The van der Waals surface area contributed by atoms with Crippen molar-refractivity contribution >= 4 is 6.09 Å². The van der Waals surface area contributed by atoms with E-state index in [4.69, 9.17) is 9.47 Å². The molecule has 0 fully saturated rings. The monoisotopic (exact) mass is 320 g/mol. The molecule has 0 aliphatic carbocycles. The van der Waals surface area contributed by atoms with Gasteiger partial charge in [-0.2, -0.15) is 0 Å². The number of fused-ring (bicyclic) bond motifs is 1. The number of carbonyl (C=O) groups excluding carboxylic acids is 1. The normalized spacial score (nSPS) is 17.7. The third-order valence-corrected chi connectivity index (χ3v) is 3.99. The van der Waals surface area contributed by atoms with E-state index in [1.165, 1.54) is 5.56 Å². The summed E-state index contributed by atoms with van der Waals surface area (Å²) in [6, 6.07) is 4.35. The zero-order valence-electron chi connectivity index (χ0n) is 15.0. The quantitative estimate of drug-likeness (QED) is 0.930. The second-order valence-electron chi connectivity index (χ2n) is 7.12. The van der Waals surface area contributed by atoms with Crippen LogP contribution in [0, 0.1) is 0 Å². The Kier molecular flexibility index (Phi) is 5.19. The highest BCUT2D eigenvalue weighted by Crippen LogP contribution is 2.31. The number of hydrogen-bond donors (Lipinski definition) is 1. The summed E-state index contributed by atoms with van der Waals surface area (Å²) in [6.45, 7) is 9.05. The van der Waals surface area contributed by atoms with E-state index in [-0.39, 0.29) is 12.1 Å². The van der Waals surface area contributed by atoms with Crippen molar-refractivity contribution in [3.8, 4) is 5.75 Å². The van der Waals surface area contributed by atoms with Gasteiger partial charge < -0.3 is 19.7 Å². The summed E-state index contributed by atoms with van der Waals surface area (Å²) >= 11 is 0. The lowest BCUT2D eigenvalue weighted by atomic mass is 9.92. The zero-order chi connectivity index (χ0) is 17.2. The lowest BCUT2D eigenvalue weighted by Crippen LogP contribution is -2.45. The van der Waals surface area contributed by atoms with Gasteiger partial charge in [-0.25, -0.2) is 4.79 Å². The third kappa shape index (κ3) is 4.16. The van der Waals surface area contributed by atoms with Gasteiger partial charge in [0, 0.05) is 24.7 Å². The number of rotatable bonds is 3. The molecule has 0 saturated heterocycles. The van der Waals surface area contributed by atoms with E-state index in [0.29, 0.717) is 6.54 Å². The highest BCUT2D eigenvalue weighted by Gasteiger charge is 2.31. The Hall–Kier alpha value is -1.75. The number of nitrogens with zero attached hydrogens (tertiary/aromatic N) is 1. The van der Waals surface area contributed by atoms with Crippen molar-refractivity contribution in [1.29, 1.82) is 0 Å². The summed E-state index contributed by atoms with van der Waals surface area (Å²) in [5.74, 6) is 0.858. The molecule has 1 aromatic rings. The largest absolute Gasteiger partial charge is 0.496 e. The molecule has 1 atom stereocenters. The van der Waals surface area contributed by atoms with E-state index in [0.717, 1.165) is 29.8 Å². The fourth-order valence-corrected chi connectivity index (χ4v) is 2.91. The number of hydrogen-bond acceptors (Lipinski definition) is 4. The summed E-state index contributed by atoms with van der Waals surface area (Å²) < 4.78 is 11.0. The van der Waals surface area contributed by atoms with Gasteiger partial charge >= 0.3 is 6.09 Å². The first kappa shape index (κ1) is 17.6. The molecule has 1 aromatic carbocycles. The van der Waals surface area contributed by atoms with Gasteiger partial charge in [-0.1, -0.05) is 6.07 Å². The number of amides is 1. The van der Waals surface area contributed by atoms with Crippen molar-refractivity contribution < 1.29 is 14.3 Å². The number of benzene rings is 1. The minimum atomic E-state index is -0.481. The van der Waals surface area contributed by atoms with Gasteiger partial charge in [-0.3, -0.25) is 0 Å². The first-order valence-electron chi connectivity index (χ1n) is 8.08. The van der Waals surface area contributed by atoms with Crippen LogP contribution >= 0.6 is 0 Å². The topological polar surface area (TPSA) is 50.8 Å². The molecule has 1 aliphatic rings. The van der Waals surface area contributed by atoms with Crippen molar-refractivity contribution in [2.75, 3.05) is 14.2 Å². The molecule has 1 aliphatic heterocycles. The molecular weight excluding hydrogens is 292 g/mol. The third-order valence-electron chi connectivity index (χ3n) is 3.99. The van der Waals surface area contributed by atoms with Crippen LogP contribution in [0.4, 0.5) is 4.79 Å². The first-order valence-corrected chi connectivity index (χ1v) is 8.08.